The predicted molar refractivity (Wildman–Crippen MR) is 116 cm³/mol. The molecule has 2 aromatic carbocycles. The van der Waals surface area contributed by atoms with Crippen molar-refractivity contribution in [3.8, 4) is 0 Å². The molecule has 1 fully saturated rings. The molecule has 1 heterocycles. The van der Waals surface area contributed by atoms with Gasteiger partial charge in [-0.3, -0.25) is 9.78 Å². The van der Waals surface area contributed by atoms with Crippen molar-refractivity contribution in [1.82, 2.24) is 4.98 Å². The minimum Gasteiger partial charge on any atom is -0.326 e. The van der Waals surface area contributed by atoms with Crippen LogP contribution < -0.4 is 5.32 Å². The second-order valence-electron chi connectivity index (χ2n) is 7.96. The summed E-state index contributed by atoms with van der Waals surface area (Å²) in [5, 5.41) is 4.55. The summed E-state index contributed by atoms with van der Waals surface area (Å²) in [7, 11) is 0. The number of halogens is 2. The van der Waals surface area contributed by atoms with Crippen molar-refractivity contribution in [3.63, 3.8) is 0 Å². The van der Waals surface area contributed by atoms with Gasteiger partial charge in [0.05, 0.1) is 5.52 Å². The van der Waals surface area contributed by atoms with Crippen molar-refractivity contribution >= 4 is 34.1 Å². The summed E-state index contributed by atoms with van der Waals surface area (Å²) >= 11 is 5.90. The van der Waals surface area contributed by atoms with Gasteiger partial charge in [-0.25, -0.2) is 4.39 Å². The van der Waals surface area contributed by atoms with Crippen molar-refractivity contribution < 1.29 is 9.18 Å². The summed E-state index contributed by atoms with van der Waals surface area (Å²) in [6.07, 6.45) is 5.78. The van der Waals surface area contributed by atoms with Crippen molar-refractivity contribution in [2.75, 3.05) is 5.32 Å². The van der Waals surface area contributed by atoms with Gasteiger partial charge in [-0.05, 0) is 91.6 Å². The third kappa shape index (κ3) is 4.43. The molecular formula is C24H24ClFN2O. The molecule has 4 rings (SSSR count). The average Bonchev–Trinajstić information content (AvgIpc) is 2.74. The molecule has 3 aromatic rings. The highest BCUT2D eigenvalue weighted by molar-refractivity contribution is 6.30. The molecule has 1 atom stereocenters. The lowest BCUT2D eigenvalue weighted by atomic mass is 9.73. The van der Waals surface area contributed by atoms with Gasteiger partial charge in [0.15, 0.2) is 0 Å². The Morgan fingerprint density at radius 1 is 1.10 bits per heavy atom. The number of carbonyl (C=O) groups is 1. The van der Waals surface area contributed by atoms with Gasteiger partial charge < -0.3 is 5.32 Å². The quantitative estimate of drug-likeness (QED) is 0.528. The molecule has 3 nitrogen and oxygen atoms in total. The first-order valence-corrected chi connectivity index (χ1v) is 10.5. The van der Waals surface area contributed by atoms with E-state index < -0.39 is 0 Å². The summed E-state index contributed by atoms with van der Waals surface area (Å²) in [5.74, 6) is 0.492. The van der Waals surface area contributed by atoms with Crippen LogP contribution in [0.3, 0.4) is 0 Å². The monoisotopic (exact) mass is 410 g/mol. The zero-order valence-corrected chi connectivity index (χ0v) is 17.1. The van der Waals surface area contributed by atoms with Crippen molar-refractivity contribution in [1.29, 1.82) is 0 Å². The molecule has 1 saturated carbocycles. The van der Waals surface area contributed by atoms with Crippen molar-refractivity contribution in [2.24, 2.45) is 11.8 Å². The van der Waals surface area contributed by atoms with Crippen LogP contribution in [-0.4, -0.2) is 10.9 Å². The molecule has 0 aliphatic heterocycles. The maximum Gasteiger partial charge on any atom is 0.227 e. The Morgan fingerprint density at radius 3 is 2.55 bits per heavy atom. The summed E-state index contributed by atoms with van der Waals surface area (Å²) in [5.41, 5.74) is 2.78. The number of nitrogens with zero attached hydrogens (tertiary/aromatic N) is 1. The highest BCUT2D eigenvalue weighted by Gasteiger charge is 2.30. The lowest BCUT2D eigenvalue weighted by Crippen LogP contribution is -2.29. The predicted octanol–water partition coefficient (Wildman–Crippen LogP) is 6.58. The molecule has 1 amide bonds. The van der Waals surface area contributed by atoms with E-state index in [9.17, 15) is 9.18 Å². The minimum atomic E-state index is -0.229. The minimum absolute atomic E-state index is 0.0483. The van der Waals surface area contributed by atoms with Crippen LogP contribution >= 0.6 is 11.6 Å². The smallest absolute Gasteiger partial charge is 0.227 e. The van der Waals surface area contributed by atoms with E-state index in [0.29, 0.717) is 16.9 Å². The Morgan fingerprint density at radius 2 is 1.83 bits per heavy atom. The van der Waals surface area contributed by atoms with E-state index in [1.807, 2.05) is 31.3 Å². The molecule has 0 saturated heterocycles. The molecule has 1 aliphatic rings. The van der Waals surface area contributed by atoms with Crippen LogP contribution in [-0.2, 0) is 4.79 Å². The standard InChI is InChI=1S/C24H24ClFN2O/c1-15(24(29)28-20-9-6-18(25)7-10-20)16-2-4-17(5-3-16)21-12-13-27-23-11-8-19(26)14-22(21)23/h6-17H,2-5H2,1H3,(H,28,29)/t15-,16?,17?/m0/s1. The average molecular weight is 411 g/mol. The fourth-order valence-electron chi connectivity index (χ4n) is 4.43. The second-order valence-corrected chi connectivity index (χ2v) is 8.39. The van der Waals surface area contributed by atoms with Crippen LogP contribution in [0.4, 0.5) is 10.1 Å². The number of aromatic nitrogens is 1. The zero-order chi connectivity index (χ0) is 20.4. The number of fused-ring (bicyclic) bond motifs is 1. The summed E-state index contributed by atoms with van der Waals surface area (Å²) < 4.78 is 13.8. The van der Waals surface area contributed by atoms with E-state index in [-0.39, 0.29) is 17.6 Å². The summed E-state index contributed by atoms with van der Waals surface area (Å²) in [4.78, 5) is 17.0. The van der Waals surface area contributed by atoms with Crippen LogP contribution in [0.15, 0.2) is 54.7 Å². The molecule has 0 radical (unpaired) electrons. The second kappa shape index (κ2) is 8.50. The van der Waals surface area contributed by atoms with Crippen LogP contribution in [0, 0.1) is 17.7 Å². The largest absolute Gasteiger partial charge is 0.326 e. The molecule has 5 heteroatoms. The number of hydrogen-bond acceptors (Lipinski definition) is 2. The number of pyridine rings is 1. The number of amides is 1. The van der Waals surface area contributed by atoms with E-state index in [0.717, 1.165) is 42.3 Å². The number of rotatable bonds is 4. The summed E-state index contributed by atoms with van der Waals surface area (Å²) in [6.45, 7) is 2.01. The number of hydrogen-bond donors (Lipinski definition) is 1. The van der Waals surface area contributed by atoms with Gasteiger partial charge in [0.2, 0.25) is 5.91 Å². The van der Waals surface area contributed by atoms with Crippen molar-refractivity contribution in [3.05, 3.63) is 71.1 Å². The highest BCUT2D eigenvalue weighted by Crippen LogP contribution is 2.41. The Labute approximate surface area is 175 Å². The Balaban J connectivity index is 1.41. The fourth-order valence-corrected chi connectivity index (χ4v) is 4.56. The van der Waals surface area contributed by atoms with Crippen molar-refractivity contribution in [2.45, 2.75) is 38.5 Å². The highest BCUT2D eigenvalue weighted by atomic mass is 35.5. The molecule has 0 unspecified atom stereocenters. The fraction of sp³-hybridized carbons (Fsp3) is 0.333. The maximum atomic E-state index is 13.8. The van der Waals surface area contributed by atoms with Crippen LogP contribution in [0.1, 0.15) is 44.1 Å². The number of carbonyl (C=O) groups excluding carboxylic acids is 1. The van der Waals surface area contributed by atoms with E-state index in [1.165, 1.54) is 11.6 Å². The Kier molecular flexibility index (Phi) is 5.81. The SMILES string of the molecule is C[C@H](C(=O)Nc1ccc(Cl)cc1)C1CCC(c2ccnc3ccc(F)cc23)CC1. The van der Waals surface area contributed by atoms with E-state index >= 15 is 0 Å². The number of nitrogens with one attached hydrogen (secondary N) is 1. The molecule has 0 bridgehead atoms. The molecule has 1 aromatic heterocycles. The van der Waals surface area contributed by atoms with Gasteiger partial charge >= 0.3 is 0 Å². The molecule has 0 spiro atoms. The summed E-state index contributed by atoms with van der Waals surface area (Å²) in [6, 6.07) is 14.0. The van der Waals surface area contributed by atoms with Gasteiger partial charge in [0.1, 0.15) is 5.82 Å². The first-order chi connectivity index (χ1) is 14.0. The maximum absolute atomic E-state index is 13.8. The molecule has 1 N–H and O–H groups in total. The van der Waals surface area contributed by atoms with Gasteiger partial charge in [-0.15, -0.1) is 0 Å². The van der Waals surface area contributed by atoms with Gasteiger partial charge in [0.25, 0.3) is 0 Å². The van der Waals surface area contributed by atoms with Gasteiger partial charge in [0, 0.05) is 28.2 Å². The third-order valence-corrected chi connectivity index (χ3v) is 6.43. The molecule has 1 aliphatic carbocycles. The third-order valence-electron chi connectivity index (χ3n) is 6.18. The first kappa shape index (κ1) is 19.8. The van der Waals surface area contributed by atoms with E-state index in [1.54, 1.807) is 24.3 Å². The number of anilines is 1. The topological polar surface area (TPSA) is 42.0 Å². The first-order valence-electron chi connectivity index (χ1n) is 10.1. The zero-order valence-electron chi connectivity index (χ0n) is 16.4. The van der Waals surface area contributed by atoms with E-state index in [4.69, 9.17) is 11.6 Å². The van der Waals surface area contributed by atoms with Crippen LogP contribution in [0.25, 0.3) is 10.9 Å². The van der Waals surface area contributed by atoms with Crippen LogP contribution in [0.5, 0.6) is 0 Å². The molecule has 150 valence electrons. The van der Waals surface area contributed by atoms with Gasteiger partial charge in [-0.2, -0.15) is 0 Å². The van der Waals surface area contributed by atoms with Gasteiger partial charge in [-0.1, -0.05) is 18.5 Å². The Bertz CT molecular complexity index is 1010. The number of benzene rings is 2. The molecule has 29 heavy (non-hydrogen) atoms. The molecular weight excluding hydrogens is 387 g/mol. The Hall–Kier alpha value is -2.46. The lowest BCUT2D eigenvalue weighted by Gasteiger charge is -2.32. The lowest BCUT2D eigenvalue weighted by molar-refractivity contribution is -0.121. The van der Waals surface area contributed by atoms with E-state index in [2.05, 4.69) is 10.3 Å². The van der Waals surface area contributed by atoms with Crippen LogP contribution in [0.2, 0.25) is 5.02 Å². The normalized spacial score (nSPS) is 20.4.